The predicted molar refractivity (Wildman–Crippen MR) is 100 cm³/mol. The van der Waals surface area contributed by atoms with Gasteiger partial charge in [-0.25, -0.2) is 4.79 Å². The van der Waals surface area contributed by atoms with E-state index in [0.29, 0.717) is 17.4 Å². The van der Waals surface area contributed by atoms with E-state index < -0.39 is 36.5 Å². The highest BCUT2D eigenvalue weighted by molar-refractivity contribution is 6.47. The Balaban J connectivity index is 1.52. The third-order valence-corrected chi connectivity index (χ3v) is 7.34. The molecule has 1 aromatic carbocycles. The molecular formula is C20H25BF3NO4. The molecule has 5 rings (SSSR count). The van der Waals surface area contributed by atoms with E-state index >= 15 is 0 Å². The van der Waals surface area contributed by atoms with Crippen molar-refractivity contribution in [3.8, 4) is 0 Å². The second-order valence-electron chi connectivity index (χ2n) is 9.29. The molecule has 158 valence electrons. The molecule has 0 radical (unpaired) electrons. The molecule has 3 aliphatic carbocycles. The molecule has 0 aromatic heterocycles. The van der Waals surface area contributed by atoms with Crippen molar-refractivity contribution in [2.75, 3.05) is 0 Å². The minimum atomic E-state index is -4.41. The number of nitrogens with one attached hydrogen (secondary N) is 1. The zero-order valence-corrected chi connectivity index (χ0v) is 16.6. The van der Waals surface area contributed by atoms with Crippen molar-refractivity contribution in [2.45, 2.75) is 63.9 Å². The normalized spacial score (nSPS) is 33.6. The molecule has 5 nitrogen and oxygen atoms in total. The van der Waals surface area contributed by atoms with Gasteiger partial charge in [-0.3, -0.25) is 0 Å². The van der Waals surface area contributed by atoms with Crippen LogP contribution in [0, 0.1) is 17.3 Å². The Bertz CT molecular complexity index is 800. The van der Waals surface area contributed by atoms with Gasteiger partial charge in [-0.15, -0.1) is 0 Å². The summed E-state index contributed by atoms with van der Waals surface area (Å²) in [7, 11) is -0.779. The Morgan fingerprint density at radius 1 is 1.28 bits per heavy atom. The van der Waals surface area contributed by atoms with Gasteiger partial charge in [-0.05, 0) is 61.1 Å². The van der Waals surface area contributed by atoms with E-state index in [1.54, 1.807) is 0 Å². The lowest BCUT2D eigenvalue weighted by Crippen LogP contribution is -2.65. The average Bonchev–Trinajstić information content (AvgIpc) is 2.97. The van der Waals surface area contributed by atoms with Crippen molar-refractivity contribution in [3.05, 3.63) is 35.4 Å². The summed E-state index contributed by atoms with van der Waals surface area (Å²) >= 11 is 0. The van der Waals surface area contributed by atoms with E-state index in [1.807, 2.05) is 6.92 Å². The molecule has 4 aliphatic rings. The van der Waals surface area contributed by atoms with E-state index in [0.717, 1.165) is 25.0 Å². The zero-order chi connectivity index (χ0) is 21.2. The number of hydrogen-bond donors (Lipinski definition) is 2. The molecule has 2 N–H and O–H groups in total. The summed E-state index contributed by atoms with van der Waals surface area (Å²) in [5.41, 5.74) is -0.486. The number of carbonyl (C=O) groups is 1. The maximum Gasteiger partial charge on any atom is 0.482 e. The van der Waals surface area contributed by atoms with Gasteiger partial charge in [0.1, 0.15) is 0 Å². The van der Waals surface area contributed by atoms with E-state index in [-0.39, 0.29) is 17.9 Å². The number of benzene rings is 1. The van der Waals surface area contributed by atoms with Gasteiger partial charge >= 0.3 is 19.4 Å². The first-order valence-electron chi connectivity index (χ1n) is 9.90. The number of hydrogen-bond acceptors (Lipinski definition) is 3. The summed E-state index contributed by atoms with van der Waals surface area (Å²) < 4.78 is 50.8. The third-order valence-electron chi connectivity index (χ3n) is 7.34. The van der Waals surface area contributed by atoms with Crippen molar-refractivity contribution in [2.24, 2.45) is 17.3 Å². The van der Waals surface area contributed by atoms with Crippen LogP contribution in [-0.4, -0.2) is 36.0 Å². The van der Waals surface area contributed by atoms with Crippen LogP contribution >= 0.6 is 0 Å². The van der Waals surface area contributed by atoms with Gasteiger partial charge in [0, 0.05) is 0 Å². The molecule has 0 unspecified atom stereocenters. The smallest absolute Gasteiger partial charge is 0.465 e. The summed E-state index contributed by atoms with van der Waals surface area (Å²) in [5, 5.41) is 11.7. The van der Waals surface area contributed by atoms with Crippen LogP contribution < -0.4 is 5.32 Å². The van der Waals surface area contributed by atoms with Crippen LogP contribution in [-0.2, 0) is 21.9 Å². The Labute approximate surface area is 168 Å². The van der Waals surface area contributed by atoms with Crippen LogP contribution in [0.5, 0.6) is 0 Å². The van der Waals surface area contributed by atoms with E-state index in [4.69, 9.17) is 9.31 Å². The fourth-order valence-corrected chi connectivity index (χ4v) is 5.53. The van der Waals surface area contributed by atoms with Gasteiger partial charge < -0.3 is 19.7 Å². The first-order valence-corrected chi connectivity index (χ1v) is 9.90. The molecule has 1 saturated heterocycles. The van der Waals surface area contributed by atoms with Crippen LogP contribution in [0.2, 0.25) is 0 Å². The monoisotopic (exact) mass is 411 g/mol. The number of halogens is 3. The molecule has 0 spiro atoms. The van der Waals surface area contributed by atoms with E-state index in [1.165, 1.54) is 12.1 Å². The van der Waals surface area contributed by atoms with Crippen molar-refractivity contribution in [1.82, 2.24) is 5.32 Å². The van der Waals surface area contributed by atoms with Crippen LogP contribution in [0.25, 0.3) is 0 Å². The fourth-order valence-electron chi connectivity index (χ4n) is 5.53. The number of rotatable bonds is 4. The molecule has 1 aliphatic heterocycles. The first kappa shape index (κ1) is 20.5. The molecule has 1 heterocycles. The molecule has 3 saturated carbocycles. The lowest BCUT2D eigenvalue weighted by Gasteiger charge is -2.64. The second-order valence-corrected chi connectivity index (χ2v) is 9.29. The lowest BCUT2D eigenvalue weighted by molar-refractivity contribution is -0.199. The van der Waals surface area contributed by atoms with Gasteiger partial charge in [-0.2, -0.15) is 13.2 Å². The summed E-state index contributed by atoms with van der Waals surface area (Å²) in [4.78, 5) is 11.3. The largest absolute Gasteiger partial charge is 0.482 e. The van der Waals surface area contributed by atoms with Gasteiger partial charge in [0.25, 0.3) is 0 Å². The molecule has 1 amide bonds. The van der Waals surface area contributed by atoms with Crippen LogP contribution in [0.4, 0.5) is 18.0 Å². The van der Waals surface area contributed by atoms with Crippen molar-refractivity contribution >= 4 is 13.2 Å². The lowest BCUT2D eigenvalue weighted by atomic mass is 9.43. The number of amides is 1. The minimum absolute atomic E-state index is 0.102. The Morgan fingerprint density at radius 2 is 1.93 bits per heavy atom. The van der Waals surface area contributed by atoms with Crippen LogP contribution in [0.15, 0.2) is 24.3 Å². The summed E-state index contributed by atoms with van der Waals surface area (Å²) in [6.07, 6.45) is -3.61. The molecule has 2 bridgehead atoms. The topological polar surface area (TPSA) is 67.8 Å². The summed E-state index contributed by atoms with van der Waals surface area (Å²) in [5.74, 6) is 0.181. The molecule has 5 atom stereocenters. The Kier molecular flexibility index (Phi) is 4.70. The van der Waals surface area contributed by atoms with Gasteiger partial charge in [0.15, 0.2) is 0 Å². The minimum Gasteiger partial charge on any atom is -0.465 e. The average molecular weight is 411 g/mol. The van der Waals surface area contributed by atoms with Crippen molar-refractivity contribution < 1.29 is 32.4 Å². The third kappa shape index (κ3) is 3.42. The molecule has 4 fully saturated rings. The van der Waals surface area contributed by atoms with Gasteiger partial charge in [0.05, 0.1) is 23.2 Å². The van der Waals surface area contributed by atoms with Crippen LogP contribution in [0.1, 0.15) is 44.7 Å². The highest BCUT2D eigenvalue weighted by atomic mass is 19.4. The van der Waals surface area contributed by atoms with E-state index in [2.05, 4.69) is 19.2 Å². The fraction of sp³-hybridized carbons (Fsp3) is 0.650. The highest BCUT2D eigenvalue weighted by Gasteiger charge is 2.68. The van der Waals surface area contributed by atoms with Crippen molar-refractivity contribution in [3.63, 3.8) is 0 Å². The predicted octanol–water partition coefficient (Wildman–Crippen LogP) is 4.15. The summed E-state index contributed by atoms with van der Waals surface area (Å²) in [6.45, 7) is 6.51. The Morgan fingerprint density at radius 3 is 2.48 bits per heavy atom. The first-order chi connectivity index (χ1) is 13.4. The summed E-state index contributed by atoms with van der Waals surface area (Å²) in [6, 6.07) is 4.73. The maximum atomic E-state index is 12.8. The SMILES string of the molecule is CC1(C)[C@@H]2C[C@H]3OB([C@H](Cc4ccc(C(F)(F)F)cc4)NC(=O)O)O[C@@]3(C)[C@H]1C2. The van der Waals surface area contributed by atoms with Gasteiger partial charge in [0.2, 0.25) is 0 Å². The highest BCUT2D eigenvalue weighted by Crippen LogP contribution is 2.65. The molecule has 9 heteroatoms. The van der Waals surface area contributed by atoms with Crippen molar-refractivity contribution in [1.29, 1.82) is 0 Å². The molecular weight excluding hydrogens is 386 g/mol. The number of carboxylic acid groups (broad SMARTS) is 1. The number of alkyl halides is 3. The maximum absolute atomic E-state index is 12.8. The van der Waals surface area contributed by atoms with Gasteiger partial charge in [-0.1, -0.05) is 26.0 Å². The van der Waals surface area contributed by atoms with Crippen LogP contribution in [0.3, 0.4) is 0 Å². The Hall–Kier alpha value is -1.74. The molecule has 29 heavy (non-hydrogen) atoms. The second kappa shape index (κ2) is 6.64. The van der Waals surface area contributed by atoms with E-state index in [9.17, 15) is 23.1 Å². The molecule has 1 aromatic rings. The standard InChI is InChI=1S/C20H25BF3NO4/c1-18(2)13-9-14(18)19(3)15(10-13)28-21(29-19)16(25-17(26)27)8-11-4-6-12(7-5-11)20(22,23)24/h4-7,13-16,25H,8-10H2,1-3H3,(H,26,27)/t13-,14-,15+,16-,19-/m0/s1. The zero-order valence-electron chi connectivity index (χ0n) is 16.6. The quantitative estimate of drug-likeness (QED) is 0.731.